The molecule has 8 nitrogen and oxygen atoms in total. The standard InChI is InChI=1S/C21H21F3N2O6S/c22-21(23,24)12-30-17-7-5-15(33(28,29)26-8-2-1-3-9-26)11-16(17)25-20(27)14-4-6-18-19(10-14)32-13-31-18/h4-7,10-11H,1-3,8-9,12-13H2,(H,25,27). The fourth-order valence-electron chi connectivity index (χ4n) is 3.54. The summed E-state index contributed by atoms with van der Waals surface area (Å²) in [6, 6.07) is 7.79. The van der Waals surface area contributed by atoms with Crippen molar-refractivity contribution in [3.63, 3.8) is 0 Å². The van der Waals surface area contributed by atoms with Gasteiger partial charge < -0.3 is 19.5 Å². The minimum atomic E-state index is -4.61. The van der Waals surface area contributed by atoms with E-state index in [0.29, 0.717) is 24.6 Å². The molecule has 2 aromatic carbocycles. The number of rotatable bonds is 6. The molecule has 0 unspecified atom stereocenters. The van der Waals surface area contributed by atoms with Gasteiger partial charge in [0.1, 0.15) is 5.75 Å². The molecule has 0 aromatic heterocycles. The number of carbonyl (C=O) groups is 1. The number of nitrogens with one attached hydrogen (secondary N) is 1. The Kier molecular flexibility index (Phi) is 6.39. The summed E-state index contributed by atoms with van der Waals surface area (Å²) in [6.07, 6.45) is -2.25. The fraction of sp³-hybridized carbons (Fsp3) is 0.381. The number of carbonyl (C=O) groups excluding carboxylic acids is 1. The lowest BCUT2D eigenvalue weighted by Crippen LogP contribution is -2.35. The largest absolute Gasteiger partial charge is 0.482 e. The number of fused-ring (bicyclic) bond motifs is 1. The van der Waals surface area contributed by atoms with Gasteiger partial charge in [0, 0.05) is 18.7 Å². The van der Waals surface area contributed by atoms with Gasteiger partial charge in [-0.15, -0.1) is 0 Å². The van der Waals surface area contributed by atoms with Crippen LogP contribution in [0.25, 0.3) is 0 Å². The molecule has 178 valence electrons. The second-order valence-corrected chi connectivity index (χ2v) is 9.49. The van der Waals surface area contributed by atoms with Crippen molar-refractivity contribution in [1.29, 1.82) is 0 Å². The van der Waals surface area contributed by atoms with Gasteiger partial charge in [0.15, 0.2) is 18.1 Å². The van der Waals surface area contributed by atoms with Gasteiger partial charge in [-0.1, -0.05) is 6.42 Å². The summed E-state index contributed by atoms with van der Waals surface area (Å²) < 4.78 is 80.7. The van der Waals surface area contributed by atoms with Crippen LogP contribution in [0, 0.1) is 0 Å². The Balaban J connectivity index is 1.63. The molecule has 0 bridgehead atoms. The number of nitrogens with zero attached hydrogens (tertiary/aromatic N) is 1. The van der Waals surface area contributed by atoms with Crippen molar-refractivity contribution in [1.82, 2.24) is 4.31 Å². The van der Waals surface area contributed by atoms with Gasteiger partial charge in [0.2, 0.25) is 16.8 Å². The number of piperidine rings is 1. The molecule has 1 fully saturated rings. The topological polar surface area (TPSA) is 94.2 Å². The Morgan fingerprint density at radius 1 is 1.03 bits per heavy atom. The average molecular weight is 486 g/mol. The van der Waals surface area contributed by atoms with Crippen LogP contribution in [0.3, 0.4) is 0 Å². The zero-order valence-corrected chi connectivity index (χ0v) is 18.2. The Morgan fingerprint density at radius 3 is 2.48 bits per heavy atom. The summed E-state index contributed by atoms with van der Waals surface area (Å²) in [5.41, 5.74) is -0.0506. The second kappa shape index (κ2) is 9.10. The maximum atomic E-state index is 13.0. The van der Waals surface area contributed by atoms with Crippen molar-refractivity contribution in [2.45, 2.75) is 30.3 Å². The molecule has 0 spiro atoms. The van der Waals surface area contributed by atoms with Crippen LogP contribution in [0.5, 0.6) is 17.2 Å². The Morgan fingerprint density at radius 2 is 1.76 bits per heavy atom. The highest BCUT2D eigenvalue weighted by Crippen LogP contribution is 2.34. The normalized spacial score (nSPS) is 16.5. The molecule has 2 aromatic rings. The summed E-state index contributed by atoms with van der Waals surface area (Å²) in [5, 5.41) is 2.46. The predicted molar refractivity (Wildman–Crippen MR) is 111 cm³/mol. The SMILES string of the molecule is O=C(Nc1cc(S(=O)(=O)N2CCCCC2)ccc1OCC(F)(F)F)c1ccc2c(c1)OCO2. The zero-order chi connectivity index (χ0) is 23.6. The van der Waals surface area contributed by atoms with E-state index in [-0.39, 0.29) is 28.7 Å². The third-order valence-corrected chi connectivity index (χ3v) is 7.07. The van der Waals surface area contributed by atoms with E-state index in [2.05, 4.69) is 5.32 Å². The predicted octanol–water partition coefficient (Wildman–Crippen LogP) is 3.78. The molecule has 2 aliphatic rings. The summed E-state index contributed by atoms with van der Waals surface area (Å²) in [7, 11) is -3.89. The highest BCUT2D eigenvalue weighted by Gasteiger charge is 2.30. The average Bonchev–Trinajstić information content (AvgIpc) is 3.26. The van der Waals surface area contributed by atoms with Crippen LogP contribution in [0.1, 0.15) is 29.6 Å². The number of halogens is 3. The van der Waals surface area contributed by atoms with Crippen molar-refractivity contribution in [2.24, 2.45) is 0 Å². The molecule has 2 heterocycles. The van der Waals surface area contributed by atoms with Crippen LogP contribution in [-0.4, -0.2) is 51.3 Å². The molecule has 0 atom stereocenters. The molecule has 1 amide bonds. The second-order valence-electron chi connectivity index (χ2n) is 7.55. The van der Waals surface area contributed by atoms with E-state index in [9.17, 15) is 26.4 Å². The van der Waals surface area contributed by atoms with E-state index < -0.39 is 28.7 Å². The van der Waals surface area contributed by atoms with Crippen LogP contribution in [0.2, 0.25) is 0 Å². The third-order valence-electron chi connectivity index (χ3n) is 5.18. The first kappa shape index (κ1) is 23.2. The molecule has 0 radical (unpaired) electrons. The summed E-state index contributed by atoms with van der Waals surface area (Å²) in [6.45, 7) is -0.883. The quantitative estimate of drug-likeness (QED) is 0.668. The molecule has 4 rings (SSSR count). The van der Waals surface area contributed by atoms with Gasteiger partial charge >= 0.3 is 6.18 Å². The number of sulfonamides is 1. The number of ether oxygens (including phenoxy) is 3. The monoisotopic (exact) mass is 486 g/mol. The summed E-state index contributed by atoms with van der Waals surface area (Å²) in [4.78, 5) is 12.6. The lowest BCUT2D eigenvalue weighted by atomic mass is 10.2. The van der Waals surface area contributed by atoms with Gasteiger partial charge in [-0.2, -0.15) is 17.5 Å². The van der Waals surface area contributed by atoms with Crippen LogP contribution in [0.15, 0.2) is 41.3 Å². The van der Waals surface area contributed by atoms with Gasteiger partial charge in [0.25, 0.3) is 5.91 Å². The molecule has 2 aliphatic heterocycles. The van der Waals surface area contributed by atoms with E-state index in [1.54, 1.807) is 0 Å². The number of alkyl halides is 3. The molecule has 0 aliphatic carbocycles. The summed E-state index contributed by atoms with van der Waals surface area (Å²) in [5.74, 6) is -0.190. The third kappa shape index (κ3) is 5.33. The molecule has 1 N–H and O–H groups in total. The number of hydrogen-bond donors (Lipinski definition) is 1. The van der Waals surface area contributed by atoms with Crippen LogP contribution < -0.4 is 19.5 Å². The lowest BCUT2D eigenvalue weighted by molar-refractivity contribution is -0.153. The van der Waals surface area contributed by atoms with Crippen molar-refractivity contribution in [2.75, 3.05) is 31.8 Å². The van der Waals surface area contributed by atoms with E-state index in [4.69, 9.17) is 14.2 Å². The highest BCUT2D eigenvalue weighted by atomic mass is 32.2. The highest BCUT2D eigenvalue weighted by molar-refractivity contribution is 7.89. The van der Waals surface area contributed by atoms with Crippen LogP contribution in [0.4, 0.5) is 18.9 Å². The van der Waals surface area contributed by atoms with E-state index in [1.807, 2.05) is 0 Å². The first-order chi connectivity index (χ1) is 15.6. The number of anilines is 1. The molecule has 1 saturated heterocycles. The minimum Gasteiger partial charge on any atom is -0.482 e. The Bertz CT molecular complexity index is 1150. The van der Waals surface area contributed by atoms with Crippen LogP contribution in [-0.2, 0) is 10.0 Å². The van der Waals surface area contributed by atoms with Crippen LogP contribution >= 0.6 is 0 Å². The molecule has 33 heavy (non-hydrogen) atoms. The van der Waals surface area contributed by atoms with Crippen molar-refractivity contribution < 1.29 is 40.6 Å². The van der Waals surface area contributed by atoms with E-state index in [1.165, 1.54) is 28.6 Å². The molecule has 0 saturated carbocycles. The first-order valence-corrected chi connectivity index (χ1v) is 11.6. The molecule has 12 heteroatoms. The van der Waals surface area contributed by atoms with Gasteiger partial charge in [-0.25, -0.2) is 8.42 Å². The van der Waals surface area contributed by atoms with Crippen molar-refractivity contribution >= 4 is 21.6 Å². The summed E-state index contributed by atoms with van der Waals surface area (Å²) >= 11 is 0. The number of amides is 1. The minimum absolute atomic E-state index is 0.00619. The maximum Gasteiger partial charge on any atom is 0.422 e. The van der Waals surface area contributed by atoms with E-state index in [0.717, 1.165) is 31.4 Å². The van der Waals surface area contributed by atoms with Gasteiger partial charge in [0.05, 0.1) is 10.6 Å². The van der Waals surface area contributed by atoms with Crippen molar-refractivity contribution in [3.05, 3.63) is 42.0 Å². The van der Waals surface area contributed by atoms with Gasteiger partial charge in [-0.05, 0) is 49.2 Å². The lowest BCUT2D eigenvalue weighted by Gasteiger charge is -2.26. The Labute approximate surface area is 188 Å². The zero-order valence-electron chi connectivity index (χ0n) is 17.4. The fourth-order valence-corrected chi connectivity index (χ4v) is 5.08. The van der Waals surface area contributed by atoms with E-state index >= 15 is 0 Å². The van der Waals surface area contributed by atoms with Gasteiger partial charge in [-0.3, -0.25) is 4.79 Å². The first-order valence-electron chi connectivity index (χ1n) is 10.2. The number of hydrogen-bond acceptors (Lipinski definition) is 6. The smallest absolute Gasteiger partial charge is 0.422 e. The molecular weight excluding hydrogens is 465 g/mol. The Hall–Kier alpha value is -2.99. The number of benzene rings is 2. The molecular formula is C21H21F3N2O6S. The maximum absolute atomic E-state index is 13.0. The van der Waals surface area contributed by atoms with Crippen molar-refractivity contribution in [3.8, 4) is 17.2 Å².